The molecular weight excluding hydrogens is 148 g/mol. The molecule has 0 bridgehead atoms. The van der Waals surface area contributed by atoms with Crippen LogP contribution in [0.1, 0.15) is 32.6 Å². The molecule has 0 aliphatic heterocycles. The molecule has 0 atom stereocenters. The molecule has 1 radical (unpaired) electrons. The van der Waals surface area contributed by atoms with Crippen LogP contribution in [0.3, 0.4) is 0 Å². The lowest BCUT2D eigenvalue weighted by atomic mass is 10.2. The molecule has 0 saturated carbocycles. The summed E-state index contributed by atoms with van der Waals surface area (Å²) in [5.41, 5.74) is 0. The maximum atomic E-state index is 3.85. The van der Waals surface area contributed by atoms with Crippen LogP contribution >= 0.6 is 0 Å². The van der Waals surface area contributed by atoms with Crippen molar-refractivity contribution in [2.45, 2.75) is 57.8 Å². The van der Waals surface area contributed by atoms with Gasteiger partial charge >= 0.3 is 0 Å². The standard InChI is InChI=1S/C10H23Si/c1-5-7-8-9-10-11(3,4)6-2/h1,5-10H2,2-4H3. The lowest BCUT2D eigenvalue weighted by molar-refractivity contribution is 0.720. The van der Waals surface area contributed by atoms with Crippen LogP contribution < -0.4 is 0 Å². The average Bonchev–Trinajstić information content (AvgIpc) is 1.99. The molecule has 1 heteroatoms. The first-order valence-corrected chi connectivity index (χ1v) is 8.33. The minimum atomic E-state index is -0.748. The van der Waals surface area contributed by atoms with E-state index in [2.05, 4.69) is 26.9 Å². The zero-order valence-electron chi connectivity index (χ0n) is 8.45. The lowest BCUT2D eigenvalue weighted by Crippen LogP contribution is -2.22. The molecule has 0 nitrogen and oxygen atoms in total. The van der Waals surface area contributed by atoms with Gasteiger partial charge in [-0.15, -0.1) is 0 Å². The van der Waals surface area contributed by atoms with Crippen LogP contribution in [0.2, 0.25) is 25.2 Å². The van der Waals surface area contributed by atoms with Crippen LogP contribution in [0.5, 0.6) is 0 Å². The fourth-order valence-electron chi connectivity index (χ4n) is 1.13. The second kappa shape index (κ2) is 5.82. The fraction of sp³-hybridized carbons (Fsp3) is 0.900. The van der Waals surface area contributed by atoms with Gasteiger partial charge in [-0.25, -0.2) is 0 Å². The van der Waals surface area contributed by atoms with Crippen LogP contribution in [-0.2, 0) is 0 Å². The van der Waals surface area contributed by atoms with Crippen molar-refractivity contribution in [2.24, 2.45) is 0 Å². The van der Waals surface area contributed by atoms with E-state index in [9.17, 15) is 0 Å². The highest BCUT2D eigenvalue weighted by molar-refractivity contribution is 6.77. The van der Waals surface area contributed by atoms with E-state index in [1.54, 1.807) is 0 Å². The Balaban J connectivity index is 3.23. The highest BCUT2D eigenvalue weighted by Gasteiger charge is 2.16. The topological polar surface area (TPSA) is 0 Å². The first-order chi connectivity index (χ1) is 5.12. The molecular formula is C10H23Si. The Morgan fingerprint density at radius 1 is 1.09 bits per heavy atom. The van der Waals surface area contributed by atoms with E-state index in [1.807, 2.05) is 0 Å². The Bertz CT molecular complexity index is 86.9. The molecule has 67 valence electrons. The molecule has 0 aromatic rings. The smallest absolute Gasteiger partial charge is 0.0471 e. The molecule has 0 aromatic carbocycles. The minimum absolute atomic E-state index is 0.748. The predicted molar refractivity (Wildman–Crippen MR) is 56.6 cm³/mol. The molecule has 0 N–H and O–H groups in total. The van der Waals surface area contributed by atoms with Gasteiger partial charge in [0.2, 0.25) is 0 Å². The first-order valence-electron chi connectivity index (χ1n) is 4.91. The summed E-state index contributed by atoms with van der Waals surface area (Å²) in [6.07, 6.45) is 5.30. The first kappa shape index (κ1) is 11.2. The van der Waals surface area contributed by atoms with Crippen LogP contribution in [0, 0.1) is 6.92 Å². The van der Waals surface area contributed by atoms with E-state index in [0.717, 1.165) is 6.42 Å². The summed E-state index contributed by atoms with van der Waals surface area (Å²) in [6, 6.07) is 2.96. The van der Waals surface area contributed by atoms with Crippen molar-refractivity contribution in [3.63, 3.8) is 0 Å². The van der Waals surface area contributed by atoms with Crippen molar-refractivity contribution in [3.05, 3.63) is 6.92 Å². The van der Waals surface area contributed by atoms with Crippen molar-refractivity contribution in [3.8, 4) is 0 Å². The van der Waals surface area contributed by atoms with Crippen molar-refractivity contribution < 1.29 is 0 Å². The number of hydrogen-bond acceptors (Lipinski definition) is 0. The van der Waals surface area contributed by atoms with Gasteiger partial charge in [-0.1, -0.05) is 64.7 Å². The summed E-state index contributed by atoms with van der Waals surface area (Å²) < 4.78 is 0. The van der Waals surface area contributed by atoms with Gasteiger partial charge in [0.15, 0.2) is 0 Å². The molecule has 0 rings (SSSR count). The number of rotatable bonds is 6. The Morgan fingerprint density at radius 3 is 2.18 bits per heavy atom. The highest BCUT2D eigenvalue weighted by atomic mass is 28.3. The van der Waals surface area contributed by atoms with Gasteiger partial charge in [0, 0.05) is 8.07 Å². The Hall–Kier alpha value is 0.217. The molecule has 0 spiro atoms. The third-order valence-corrected chi connectivity index (χ3v) is 6.18. The number of hydrogen-bond donors (Lipinski definition) is 0. The third kappa shape index (κ3) is 6.61. The van der Waals surface area contributed by atoms with Crippen molar-refractivity contribution in [1.82, 2.24) is 0 Å². The zero-order chi connectivity index (χ0) is 8.74. The monoisotopic (exact) mass is 171 g/mol. The van der Waals surface area contributed by atoms with Gasteiger partial charge in [-0.05, 0) is 0 Å². The maximum Gasteiger partial charge on any atom is 0.0471 e. The average molecular weight is 171 g/mol. The van der Waals surface area contributed by atoms with Gasteiger partial charge in [0.05, 0.1) is 0 Å². The Morgan fingerprint density at radius 2 is 1.73 bits per heavy atom. The van der Waals surface area contributed by atoms with Crippen molar-refractivity contribution in [1.29, 1.82) is 0 Å². The van der Waals surface area contributed by atoms with Crippen LogP contribution in [-0.4, -0.2) is 8.07 Å². The summed E-state index contributed by atoms with van der Waals surface area (Å²) in [7, 11) is -0.748. The molecule has 0 aliphatic carbocycles. The summed E-state index contributed by atoms with van der Waals surface area (Å²) in [6.45, 7) is 11.2. The SMILES string of the molecule is [CH2]CCCCC[Si](C)(C)CC. The van der Waals surface area contributed by atoms with Gasteiger partial charge in [0.1, 0.15) is 0 Å². The molecule has 0 unspecified atom stereocenters. The molecule has 11 heavy (non-hydrogen) atoms. The van der Waals surface area contributed by atoms with Gasteiger partial charge in [0.25, 0.3) is 0 Å². The molecule has 0 saturated heterocycles. The van der Waals surface area contributed by atoms with E-state index in [-0.39, 0.29) is 0 Å². The second-order valence-electron chi connectivity index (χ2n) is 4.18. The second-order valence-corrected chi connectivity index (χ2v) is 9.72. The summed E-state index contributed by atoms with van der Waals surface area (Å²) in [5.74, 6) is 0. The maximum absolute atomic E-state index is 3.85. The van der Waals surface area contributed by atoms with Gasteiger partial charge in [-0.2, -0.15) is 0 Å². The van der Waals surface area contributed by atoms with E-state index in [1.165, 1.54) is 31.4 Å². The third-order valence-electron chi connectivity index (χ3n) is 2.56. The van der Waals surface area contributed by atoms with E-state index in [0.29, 0.717) is 0 Å². The molecule has 0 heterocycles. The van der Waals surface area contributed by atoms with Crippen LogP contribution in [0.25, 0.3) is 0 Å². The summed E-state index contributed by atoms with van der Waals surface area (Å²) in [4.78, 5) is 0. The molecule has 0 aliphatic rings. The molecule has 0 fully saturated rings. The zero-order valence-corrected chi connectivity index (χ0v) is 9.45. The quantitative estimate of drug-likeness (QED) is 0.417. The fourth-order valence-corrected chi connectivity index (χ4v) is 2.69. The van der Waals surface area contributed by atoms with Gasteiger partial charge < -0.3 is 0 Å². The van der Waals surface area contributed by atoms with Gasteiger partial charge in [-0.3, -0.25) is 0 Å². The van der Waals surface area contributed by atoms with Crippen LogP contribution in [0.4, 0.5) is 0 Å². The largest absolute Gasteiger partial charge is 0.0694 e. The summed E-state index contributed by atoms with van der Waals surface area (Å²) in [5, 5.41) is 0. The highest BCUT2D eigenvalue weighted by Crippen LogP contribution is 2.18. The van der Waals surface area contributed by atoms with Crippen LogP contribution in [0.15, 0.2) is 0 Å². The lowest BCUT2D eigenvalue weighted by Gasteiger charge is -2.19. The summed E-state index contributed by atoms with van der Waals surface area (Å²) >= 11 is 0. The van der Waals surface area contributed by atoms with E-state index in [4.69, 9.17) is 0 Å². The Labute approximate surface area is 73.4 Å². The molecule has 0 aromatic heterocycles. The Kier molecular flexibility index (Phi) is 5.93. The normalized spacial score (nSPS) is 12.0. The molecule has 0 amide bonds. The van der Waals surface area contributed by atoms with E-state index >= 15 is 0 Å². The number of unbranched alkanes of at least 4 members (excludes halogenated alkanes) is 3. The predicted octanol–water partition coefficient (Wildman–Crippen LogP) is 4.11. The van der Waals surface area contributed by atoms with Crippen molar-refractivity contribution >= 4 is 8.07 Å². The van der Waals surface area contributed by atoms with E-state index < -0.39 is 8.07 Å². The van der Waals surface area contributed by atoms with Crippen molar-refractivity contribution in [2.75, 3.05) is 0 Å². The minimum Gasteiger partial charge on any atom is -0.0694 e.